The average Bonchev–Trinajstić information content (AvgIpc) is 2.84. The van der Waals surface area contributed by atoms with E-state index in [1.165, 1.54) is 43.3 Å². The molecule has 1 unspecified atom stereocenters. The molecule has 2 N–H and O–H groups in total. The molecule has 13 heteroatoms. The molecule has 7 nitrogen and oxygen atoms in total. The highest BCUT2D eigenvalue weighted by atomic mass is 19.4. The summed E-state index contributed by atoms with van der Waals surface area (Å²) in [5, 5.41) is 0.542. The van der Waals surface area contributed by atoms with Crippen LogP contribution in [-0.2, 0) is 9.63 Å². The Balaban J connectivity index is 2.29. The Morgan fingerprint density at radius 1 is 0.769 bits per heavy atom. The van der Waals surface area contributed by atoms with Gasteiger partial charge in [-0.3, -0.25) is 0 Å². The van der Waals surface area contributed by atoms with Gasteiger partial charge in [-0.1, -0.05) is 61.5 Å². The third kappa shape index (κ3) is 8.28. The normalized spacial score (nSPS) is 12.5. The van der Waals surface area contributed by atoms with Crippen LogP contribution in [0.15, 0.2) is 78.9 Å². The maximum Gasteiger partial charge on any atom is 0.573 e. The lowest BCUT2D eigenvalue weighted by Crippen LogP contribution is -2.43. The zero-order valence-electron chi connectivity index (χ0n) is 20.2. The molecule has 0 aliphatic rings. The Labute approximate surface area is 218 Å². The van der Waals surface area contributed by atoms with Crippen molar-refractivity contribution in [2.75, 3.05) is 0 Å². The summed E-state index contributed by atoms with van der Waals surface area (Å²) in [4.78, 5) is 30.0. The number of hydrogen-bond donors (Lipinski definition) is 1. The van der Waals surface area contributed by atoms with Crippen molar-refractivity contribution >= 4 is 12.0 Å². The minimum absolute atomic E-state index is 0.0635. The quantitative estimate of drug-likeness (QED) is 0.249. The van der Waals surface area contributed by atoms with Crippen LogP contribution in [0.3, 0.4) is 0 Å². The van der Waals surface area contributed by atoms with Gasteiger partial charge < -0.3 is 20.0 Å². The topological polar surface area (TPSA) is 91.1 Å². The van der Waals surface area contributed by atoms with Gasteiger partial charge in [0.25, 0.3) is 0 Å². The van der Waals surface area contributed by atoms with Crippen molar-refractivity contribution in [1.29, 1.82) is 0 Å². The largest absolute Gasteiger partial charge is 0.573 e. The average molecular weight is 556 g/mol. The molecular weight excluding hydrogens is 534 g/mol. The lowest BCUT2D eigenvalue weighted by molar-refractivity contribution is -0.275. The second-order valence-corrected chi connectivity index (χ2v) is 8.05. The molecule has 208 valence electrons. The van der Waals surface area contributed by atoms with Gasteiger partial charge >= 0.3 is 24.7 Å². The van der Waals surface area contributed by atoms with Crippen LogP contribution in [0.5, 0.6) is 11.5 Å². The molecule has 1 atom stereocenters. The molecule has 0 aliphatic carbocycles. The lowest BCUT2D eigenvalue weighted by Gasteiger charge is -2.35. The number of amides is 2. The number of alkyl halides is 6. The molecule has 0 aliphatic heterocycles. The predicted octanol–water partition coefficient (Wildman–Crippen LogP) is 6.61. The number of nitrogens with zero attached hydrogens (tertiary/aromatic N) is 1. The Morgan fingerprint density at radius 2 is 1.23 bits per heavy atom. The summed E-state index contributed by atoms with van der Waals surface area (Å²) < 4.78 is 85.9. The number of ether oxygens (including phenoxy) is 2. The summed E-state index contributed by atoms with van der Waals surface area (Å²) in [7, 11) is 0. The molecule has 2 amide bonds. The van der Waals surface area contributed by atoms with E-state index < -0.39 is 48.2 Å². The van der Waals surface area contributed by atoms with Gasteiger partial charge in [0.1, 0.15) is 17.5 Å². The molecule has 0 aromatic heterocycles. The first kappa shape index (κ1) is 29.1. The third-order valence-electron chi connectivity index (χ3n) is 5.32. The van der Waals surface area contributed by atoms with Crippen LogP contribution in [0.2, 0.25) is 0 Å². The van der Waals surface area contributed by atoms with E-state index in [0.717, 1.165) is 24.3 Å². The van der Waals surface area contributed by atoms with Gasteiger partial charge in [-0.15, -0.1) is 31.4 Å². The van der Waals surface area contributed by atoms with E-state index >= 15 is 0 Å². The monoisotopic (exact) mass is 556 g/mol. The number of nitrogens with two attached hydrogens (primary N) is 1. The van der Waals surface area contributed by atoms with Gasteiger partial charge in [0, 0.05) is 12.3 Å². The van der Waals surface area contributed by atoms with Gasteiger partial charge in [0.15, 0.2) is 0 Å². The smallest absolute Gasteiger partial charge is 0.406 e. The highest BCUT2D eigenvalue weighted by molar-refractivity contribution is 5.76. The molecule has 39 heavy (non-hydrogen) atoms. The Kier molecular flexibility index (Phi) is 8.94. The lowest BCUT2D eigenvalue weighted by atomic mass is 9.81. The molecule has 3 rings (SSSR count). The van der Waals surface area contributed by atoms with Gasteiger partial charge in [0.2, 0.25) is 0 Å². The third-order valence-corrected chi connectivity index (χ3v) is 5.32. The minimum atomic E-state index is -5.04. The maximum atomic E-state index is 13.0. The van der Waals surface area contributed by atoms with Crippen molar-refractivity contribution in [2.45, 2.75) is 38.0 Å². The van der Waals surface area contributed by atoms with Crippen LogP contribution < -0.4 is 15.2 Å². The van der Waals surface area contributed by atoms with E-state index in [1.54, 1.807) is 18.2 Å². The summed E-state index contributed by atoms with van der Waals surface area (Å²) in [5.41, 5.74) is 5.99. The molecular formula is C26H22F6N2O5. The summed E-state index contributed by atoms with van der Waals surface area (Å²) in [6.07, 6.45) is -10.2. The van der Waals surface area contributed by atoms with Crippen molar-refractivity contribution < 1.29 is 50.2 Å². The first-order valence-electron chi connectivity index (χ1n) is 11.3. The standard InChI is InChI=1S/C26H22F6N2O5/c1-2-21(35)39-34(24(33)36)23(16-8-4-3-5-9-16)22(17-10-6-12-19(14-17)37-25(27,28)29)18-11-7-13-20(15-18)38-26(30,31)32/h3-15,22-23H,2H2,1H3,(H2,33,36). The van der Waals surface area contributed by atoms with Gasteiger partial charge in [0.05, 0.1) is 0 Å². The maximum absolute atomic E-state index is 13.0. The molecule has 3 aromatic carbocycles. The van der Waals surface area contributed by atoms with Crippen LogP contribution in [0.1, 0.15) is 42.0 Å². The first-order chi connectivity index (χ1) is 18.3. The highest BCUT2D eigenvalue weighted by Crippen LogP contribution is 2.43. The summed E-state index contributed by atoms with van der Waals surface area (Å²) in [6, 6.07) is 14.5. The molecule has 0 heterocycles. The fourth-order valence-electron chi connectivity index (χ4n) is 3.89. The molecule has 0 bridgehead atoms. The molecule has 0 saturated carbocycles. The van der Waals surface area contributed by atoms with Gasteiger partial charge in [-0.2, -0.15) is 0 Å². The van der Waals surface area contributed by atoms with Crippen LogP contribution in [0.25, 0.3) is 0 Å². The fourth-order valence-corrected chi connectivity index (χ4v) is 3.89. The van der Waals surface area contributed by atoms with Crippen molar-refractivity contribution in [1.82, 2.24) is 5.06 Å². The van der Waals surface area contributed by atoms with E-state index in [-0.39, 0.29) is 17.5 Å². The Morgan fingerprint density at radius 3 is 1.64 bits per heavy atom. The highest BCUT2D eigenvalue weighted by Gasteiger charge is 2.38. The van der Waals surface area contributed by atoms with Crippen molar-refractivity contribution in [3.63, 3.8) is 0 Å². The number of hydrogen-bond acceptors (Lipinski definition) is 5. The van der Waals surface area contributed by atoms with Crippen molar-refractivity contribution in [3.05, 3.63) is 95.6 Å². The van der Waals surface area contributed by atoms with Crippen LogP contribution in [-0.4, -0.2) is 29.8 Å². The number of hydroxylamine groups is 2. The summed E-state index contributed by atoms with van der Waals surface area (Å²) >= 11 is 0. The van der Waals surface area contributed by atoms with E-state index in [2.05, 4.69) is 9.47 Å². The minimum Gasteiger partial charge on any atom is -0.406 e. The van der Waals surface area contributed by atoms with E-state index in [4.69, 9.17) is 10.6 Å². The number of urea groups is 1. The Bertz CT molecular complexity index is 1220. The van der Waals surface area contributed by atoms with Gasteiger partial charge in [-0.05, 0) is 41.0 Å². The number of halogens is 6. The SMILES string of the molecule is CCC(=O)ON(C(N)=O)C(c1ccccc1)C(c1cccc(OC(F)(F)F)c1)c1cccc(OC(F)(F)F)c1. The zero-order valence-corrected chi connectivity index (χ0v) is 20.2. The van der Waals surface area contributed by atoms with Gasteiger partial charge in [-0.25, -0.2) is 9.59 Å². The van der Waals surface area contributed by atoms with E-state index in [1.807, 2.05) is 0 Å². The predicted molar refractivity (Wildman–Crippen MR) is 125 cm³/mol. The second-order valence-electron chi connectivity index (χ2n) is 8.05. The van der Waals surface area contributed by atoms with E-state index in [0.29, 0.717) is 10.6 Å². The molecule has 0 radical (unpaired) electrons. The fraction of sp³-hybridized carbons (Fsp3) is 0.231. The molecule has 0 saturated heterocycles. The van der Waals surface area contributed by atoms with E-state index in [9.17, 15) is 35.9 Å². The number of primary amides is 1. The number of benzene rings is 3. The first-order valence-corrected chi connectivity index (χ1v) is 11.3. The zero-order chi connectivity index (χ0) is 28.8. The van der Waals surface area contributed by atoms with Crippen LogP contribution in [0.4, 0.5) is 31.1 Å². The second kappa shape index (κ2) is 12.0. The number of carbonyl (C=O) groups is 2. The van der Waals surface area contributed by atoms with Crippen LogP contribution >= 0.6 is 0 Å². The molecule has 0 fully saturated rings. The number of carbonyl (C=O) groups excluding carboxylic acids is 2. The molecule has 0 spiro atoms. The summed E-state index contributed by atoms with van der Waals surface area (Å²) in [6.45, 7) is 1.45. The van der Waals surface area contributed by atoms with Crippen molar-refractivity contribution in [3.8, 4) is 11.5 Å². The Hall–Kier alpha value is -4.42. The summed E-state index contributed by atoms with van der Waals surface area (Å²) in [5.74, 6) is -3.36. The number of rotatable bonds is 8. The van der Waals surface area contributed by atoms with Crippen molar-refractivity contribution in [2.24, 2.45) is 5.73 Å². The van der Waals surface area contributed by atoms with Crippen LogP contribution in [0, 0.1) is 0 Å². The molecule has 3 aromatic rings.